The van der Waals surface area contributed by atoms with E-state index >= 15 is 0 Å². The molecule has 0 aliphatic carbocycles. The highest BCUT2D eigenvalue weighted by atomic mass is 32.2. The lowest BCUT2D eigenvalue weighted by molar-refractivity contribution is -0.118. The molecular formula is C18H24N4O5S. The maximum atomic E-state index is 12.1. The Hall–Kier alpha value is -2.46. The molecule has 1 atom stereocenters. The predicted octanol–water partition coefficient (Wildman–Crippen LogP) is 1.05. The number of nitrogens with zero attached hydrogens (tertiary/aromatic N) is 2. The first kappa shape index (κ1) is 20.3. The molecule has 1 aliphatic heterocycles. The smallest absolute Gasteiger partial charge is 0.344 e. The highest BCUT2D eigenvalue weighted by molar-refractivity contribution is 7.99. The zero-order valence-corrected chi connectivity index (χ0v) is 16.5. The lowest BCUT2D eigenvalue weighted by Gasteiger charge is -2.11. The molecule has 0 radical (unpaired) electrons. The van der Waals surface area contributed by atoms with Crippen molar-refractivity contribution in [3.05, 3.63) is 34.7 Å². The Bertz CT molecular complexity index is 831. The van der Waals surface area contributed by atoms with Crippen molar-refractivity contribution < 1.29 is 19.0 Å². The molecule has 2 aromatic rings. The minimum absolute atomic E-state index is 0.0237. The molecule has 152 valence electrons. The third kappa shape index (κ3) is 5.52. The highest BCUT2D eigenvalue weighted by Gasteiger charge is 2.20. The van der Waals surface area contributed by atoms with Crippen molar-refractivity contribution in [3.63, 3.8) is 0 Å². The van der Waals surface area contributed by atoms with Gasteiger partial charge in [0, 0.05) is 6.61 Å². The summed E-state index contributed by atoms with van der Waals surface area (Å²) in [6, 6.07) is 7.33. The van der Waals surface area contributed by atoms with Crippen molar-refractivity contribution in [2.24, 2.45) is 0 Å². The maximum Gasteiger partial charge on any atom is 0.344 e. The van der Waals surface area contributed by atoms with Crippen molar-refractivity contribution in [3.8, 4) is 11.5 Å². The topological polar surface area (TPSA) is 107 Å². The first-order chi connectivity index (χ1) is 13.7. The Morgan fingerprint density at radius 3 is 3.00 bits per heavy atom. The van der Waals surface area contributed by atoms with E-state index in [2.05, 4.69) is 15.5 Å². The van der Waals surface area contributed by atoms with E-state index in [-0.39, 0.29) is 23.5 Å². The van der Waals surface area contributed by atoms with Gasteiger partial charge in [-0.3, -0.25) is 9.36 Å². The van der Waals surface area contributed by atoms with E-state index < -0.39 is 0 Å². The first-order valence-corrected chi connectivity index (χ1v) is 10.1. The molecule has 0 bridgehead atoms. The third-order valence-corrected chi connectivity index (χ3v) is 5.19. The van der Waals surface area contributed by atoms with Crippen molar-refractivity contribution in [1.29, 1.82) is 0 Å². The second kappa shape index (κ2) is 10.2. The van der Waals surface area contributed by atoms with E-state index in [4.69, 9.17) is 14.2 Å². The molecule has 1 aromatic carbocycles. The number of amides is 1. The summed E-state index contributed by atoms with van der Waals surface area (Å²) in [5.41, 5.74) is -0.288. The quantitative estimate of drug-likeness (QED) is 0.447. The van der Waals surface area contributed by atoms with Crippen LogP contribution in [-0.2, 0) is 16.1 Å². The summed E-state index contributed by atoms with van der Waals surface area (Å²) in [7, 11) is 1.58. The van der Waals surface area contributed by atoms with Crippen LogP contribution in [0.25, 0.3) is 0 Å². The second-order valence-electron chi connectivity index (χ2n) is 6.19. The van der Waals surface area contributed by atoms with E-state index in [0.717, 1.165) is 19.4 Å². The Morgan fingerprint density at radius 2 is 2.25 bits per heavy atom. The van der Waals surface area contributed by atoms with Crippen LogP contribution in [0.15, 0.2) is 34.2 Å². The number of rotatable bonds is 10. The molecule has 1 fully saturated rings. The fourth-order valence-electron chi connectivity index (χ4n) is 2.84. The zero-order valence-electron chi connectivity index (χ0n) is 15.7. The van der Waals surface area contributed by atoms with Gasteiger partial charge in [0.25, 0.3) is 0 Å². The van der Waals surface area contributed by atoms with Crippen molar-refractivity contribution in [2.45, 2.75) is 30.6 Å². The normalized spacial score (nSPS) is 16.1. The monoisotopic (exact) mass is 408 g/mol. The maximum absolute atomic E-state index is 12.1. The number of para-hydroxylation sites is 2. The van der Waals surface area contributed by atoms with E-state index in [0.29, 0.717) is 36.4 Å². The van der Waals surface area contributed by atoms with E-state index in [1.54, 1.807) is 13.2 Å². The molecule has 1 amide bonds. The largest absolute Gasteiger partial charge is 0.493 e. The molecule has 9 nitrogen and oxygen atoms in total. The van der Waals surface area contributed by atoms with Crippen LogP contribution in [0.5, 0.6) is 11.5 Å². The van der Waals surface area contributed by atoms with Gasteiger partial charge in [-0.1, -0.05) is 23.9 Å². The van der Waals surface area contributed by atoms with Crippen LogP contribution >= 0.6 is 11.8 Å². The summed E-state index contributed by atoms with van der Waals surface area (Å²) in [5.74, 6) is 1.27. The lowest BCUT2D eigenvalue weighted by Crippen LogP contribution is -2.30. The van der Waals surface area contributed by atoms with Gasteiger partial charge in [0.05, 0.1) is 32.1 Å². The van der Waals surface area contributed by atoms with Crippen molar-refractivity contribution in [1.82, 2.24) is 20.1 Å². The Labute approximate surface area is 166 Å². The third-order valence-electron chi connectivity index (χ3n) is 4.22. The number of methoxy groups -OCH3 is 1. The number of nitrogens with one attached hydrogen (secondary N) is 2. The van der Waals surface area contributed by atoms with Crippen LogP contribution < -0.4 is 20.5 Å². The van der Waals surface area contributed by atoms with Gasteiger partial charge in [-0.15, -0.1) is 5.10 Å². The number of hydrogen-bond acceptors (Lipinski definition) is 7. The summed E-state index contributed by atoms with van der Waals surface area (Å²) in [5, 5.41) is 9.70. The fourth-order valence-corrected chi connectivity index (χ4v) is 3.62. The van der Waals surface area contributed by atoms with Crippen LogP contribution in [0, 0.1) is 0 Å². The first-order valence-electron chi connectivity index (χ1n) is 9.09. The molecule has 3 rings (SSSR count). The minimum Gasteiger partial charge on any atom is -0.493 e. The van der Waals surface area contributed by atoms with Crippen LogP contribution in [0.4, 0.5) is 0 Å². The van der Waals surface area contributed by atoms with E-state index in [9.17, 15) is 9.59 Å². The molecule has 0 saturated carbocycles. The summed E-state index contributed by atoms with van der Waals surface area (Å²) < 4.78 is 17.9. The molecule has 2 heterocycles. The highest BCUT2D eigenvalue weighted by Crippen LogP contribution is 2.25. The molecule has 10 heteroatoms. The van der Waals surface area contributed by atoms with E-state index in [1.807, 2.05) is 18.2 Å². The number of ether oxygens (including phenoxy) is 3. The number of carbonyl (C=O) groups excluding carboxylic acids is 1. The van der Waals surface area contributed by atoms with Crippen LogP contribution in [-0.4, -0.2) is 59.4 Å². The van der Waals surface area contributed by atoms with Gasteiger partial charge < -0.3 is 19.5 Å². The predicted molar refractivity (Wildman–Crippen MR) is 104 cm³/mol. The number of hydrogen-bond donors (Lipinski definition) is 2. The average Bonchev–Trinajstić information content (AvgIpc) is 3.35. The molecule has 1 aromatic heterocycles. The number of aromatic amines is 1. The molecule has 1 aliphatic rings. The second-order valence-corrected chi connectivity index (χ2v) is 7.14. The summed E-state index contributed by atoms with van der Waals surface area (Å²) >= 11 is 1.21. The zero-order chi connectivity index (χ0) is 19.8. The number of H-pyrrole nitrogens is 1. The Kier molecular flexibility index (Phi) is 7.38. The molecule has 1 saturated heterocycles. The van der Waals surface area contributed by atoms with Crippen LogP contribution in [0.1, 0.15) is 12.8 Å². The van der Waals surface area contributed by atoms with Gasteiger partial charge in [-0.05, 0) is 25.0 Å². The molecular weight excluding hydrogens is 384 g/mol. The van der Waals surface area contributed by atoms with Gasteiger partial charge in [-0.2, -0.15) is 0 Å². The van der Waals surface area contributed by atoms with Crippen molar-refractivity contribution in [2.75, 3.05) is 32.6 Å². The average molecular weight is 408 g/mol. The van der Waals surface area contributed by atoms with Crippen LogP contribution in [0.3, 0.4) is 0 Å². The van der Waals surface area contributed by atoms with Crippen molar-refractivity contribution >= 4 is 17.7 Å². The molecule has 2 N–H and O–H groups in total. The van der Waals surface area contributed by atoms with Gasteiger partial charge in [0.1, 0.15) is 6.61 Å². The Morgan fingerprint density at radius 1 is 1.43 bits per heavy atom. The number of benzene rings is 1. The number of aromatic nitrogens is 3. The standard InChI is InChI=1S/C18H24N4O5S/c1-25-14-6-2-3-7-15(14)27-10-8-19-16(23)12-28-18-21-20-17(24)22(18)11-13-5-4-9-26-13/h2-3,6-7,13H,4-5,8-12H2,1H3,(H,19,23)(H,20,24)/t13-/m1/s1. The minimum atomic E-state index is -0.288. The van der Waals surface area contributed by atoms with E-state index in [1.165, 1.54) is 16.3 Å². The van der Waals surface area contributed by atoms with Gasteiger partial charge >= 0.3 is 5.69 Å². The molecule has 28 heavy (non-hydrogen) atoms. The summed E-state index contributed by atoms with van der Waals surface area (Å²) in [4.78, 5) is 24.0. The summed E-state index contributed by atoms with van der Waals surface area (Å²) in [6.45, 7) is 1.86. The SMILES string of the molecule is COc1ccccc1OCCNC(=O)CSc1n[nH]c(=O)n1C[C@H]1CCCO1. The lowest BCUT2D eigenvalue weighted by atomic mass is 10.2. The van der Waals surface area contributed by atoms with Crippen LogP contribution in [0.2, 0.25) is 0 Å². The number of carbonyl (C=O) groups is 1. The van der Waals surface area contributed by atoms with Gasteiger partial charge in [-0.25, -0.2) is 9.89 Å². The fraction of sp³-hybridized carbons (Fsp3) is 0.500. The number of thioether (sulfide) groups is 1. The summed E-state index contributed by atoms with van der Waals surface area (Å²) in [6.07, 6.45) is 1.95. The van der Waals surface area contributed by atoms with Gasteiger partial charge in [0.2, 0.25) is 5.91 Å². The van der Waals surface area contributed by atoms with Gasteiger partial charge in [0.15, 0.2) is 16.7 Å². The molecule has 0 spiro atoms. The molecule has 0 unspecified atom stereocenters. The Balaban J connectivity index is 1.40.